The highest BCUT2D eigenvalue weighted by atomic mass is 16.3. The topological polar surface area (TPSA) is 37.3 Å². The Morgan fingerprint density at radius 1 is 1.53 bits per heavy atom. The fraction of sp³-hybridized carbons (Fsp3) is 0.800. The van der Waals surface area contributed by atoms with E-state index in [4.69, 9.17) is 0 Å². The molecule has 1 fully saturated rings. The molecule has 0 aromatic rings. The minimum absolute atomic E-state index is 0.0101. The van der Waals surface area contributed by atoms with Crippen LogP contribution in [-0.4, -0.2) is 17.5 Å². The van der Waals surface area contributed by atoms with Gasteiger partial charge in [0.05, 0.1) is 6.10 Å². The van der Waals surface area contributed by atoms with Crippen molar-refractivity contribution in [2.45, 2.75) is 52.6 Å². The van der Waals surface area contributed by atoms with Gasteiger partial charge < -0.3 is 5.11 Å². The van der Waals surface area contributed by atoms with Crippen LogP contribution in [0, 0.1) is 23.2 Å². The zero-order valence-electron chi connectivity index (χ0n) is 11.1. The smallest absolute Gasteiger partial charge is 0.145 e. The Labute approximate surface area is 104 Å². The van der Waals surface area contributed by atoms with Gasteiger partial charge in [-0.1, -0.05) is 26.8 Å². The highest BCUT2D eigenvalue weighted by Gasteiger charge is 2.50. The van der Waals surface area contributed by atoms with E-state index in [1.54, 1.807) is 0 Å². The molecular formula is C15H24O2. The molecular weight excluding hydrogens is 212 g/mol. The summed E-state index contributed by atoms with van der Waals surface area (Å²) in [7, 11) is 0. The first kappa shape index (κ1) is 12.8. The van der Waals surface area contributed by atoms with E-state index in [2.05, 4.69) is 20.8 Å². The first-order chi connectivity index (χ1) is 7.99. The molecule has 0 radical (unpaired) electrons. The van der Waals surface area contributed by atoms with Crippen LogP contribution in [-0.2, 0) is 4.79 Å². The average molecular weight is 236 g/mol. The third kappa shape index (κ3) is 2.08. The van der Waals surface area contributed by atoms with Gasteiger partial charge in [-0.2, -0.15) is 0 Å². The van der Waals surface area contributed by atoms with Crippen molar-refractivity contribution in [3.05, 3.63) is 11.6 Å². The predicted molar refractivity (Wildman–Crippen MR) is 68.5 cm³/mol. The van der Waals surface area contributed by atoms with Crippen LogP contribution >= 0.6 is 0 Å². The highest BCUT2D eigenvalue weighted by Crippen LogP contribution is 2.55. The minimum Gasteiger partial charge on any atom is -0.392 e. The lowest BCUT2D eigenvalue weighted by Gasteiger charge is -2.37. The van der Waals surface area contributed by atoms with Crippen molar-refractivity contribution in [1.82, 2.24) is 0 Å². The number of allylic oxidation sites excluding steroid dienone is 1. The van der Waals surface area contributed by atoms with Crippen LogP contribution in [0.2, 0.25) is 0 Å². The number of carbonyl (C=O) groups is 1. The van der Waals surface area contributed by atoms with Gasteiger partial charge in [-0.15, -0.1) is 0 Å². The van der Waals surface area contributed by atoms with Gasteiger partial charge >= 0.3 is 0 Å². The fourth-order valence-electron chi connectivity index (χ4n) is 3.92. The van der Waals surface area contributed by atoms with Gasteiger partial charge in [0.25, 0.3) is 0 Å². The minimum atomic E-state index is -0.284. The molecule has 2 heteroatoms. The lowest BCUT2D eigenvalue weighted by Crippen LogP contribution is -2.37. The molecule has 96 valence electrons. The maximum atomic E-state index is 11.0. The third-order valence-corrected chi connectivity index (χ3v) is 5.21. The SMILES string of the molecule is CC(C)C1CCC2(C)C(O)CC=C(C=O)CC12. The van der Waals surface area contributed by atoms with Crippen LogP contribution in [0.1, 0.15) is 46.5 Å². The van der Waals surface area contributed by atoms with Crippen molar-refractivity contribution in [1.29, 1.82) is 0 Å². The van der Waals surface area contributed by atoms with E-state index in [0.717, 1.165) is 24.7 Å². The van der Waals surface area contributed by atoms with Crippen LogP contribution in [0.5, 0.6) is 0 Å². The predicted octanol–water partition coefficient (Wildman–Crippen LogP) is 2.95. The Hall–Kier alpha value is -0.630. The summed E-state index contributed by atoms with van der Waals surface area (Å²) in [5.74, 6) is 1.76. The molecule has 2 rings (SSSR count). The molecule has 1 N–H and O–H groups in total. The van der Waals surface area contributed by atoms with Gasteiger partial charge in [-0.05, 0) is 54.4 Å². The first-order valence-electron chi connectivity index (χ1n) is 6.81. The van der Waals surface area contributed by atoms with Crippen LogP contribution < -0.4 is 0 Å². The lowest BCUT2D eigenvalue weighted by molar-refractivity contribution is -0.105. The van der Waals surface area contributed by atoms with Crippen LogP contribution in [0.3, 0.4) is 0 Å². The van der Waals surface area contributed by atoms with Crippen LogP contribution in [0.25, 0.3) is 0 Å². The van der Waals surface area contributed by atoms with Crippen molar-refractivity contribution in [3.8, 4) is 0 Å². The van der Waals surface area contributed by atoms with Crippen molar-refractivity contribution < 1.29 is 9.90 Å². The average Bonchev–Trinajstić information content (AvgIpc) is 2.57. The Balaban J connectivity index is 2.31. The molecule has 17 heavy (non-hydrogen) atoms. The van der Waals surface area contributed by atoms with Crippen LogP contribution in [0.15, 0.2) is 11.6 Å². The van der Waals surface area contributed by atoms with Gasteiger partial charge in [0.15, 0.2) is 0 Å². The molecule has 1 saturated carbocycles. The molecule has 4 unspecified atom stereocenters. The Bertz CT molecular complexity index is 332. The van der Waals surface area contributed by atoms with E-state index in [-0.39, 0.29) is 11.5 Å². The monoisotopic (exact) mass is 236 g/mol. The maximum Gasteiger partial charge on any atom is 0.145 e. The fourth-order valence-corrected chi connectivity index (χ4v) is 3.92. The molecule has 0 saturated heterocycles. The second-order valence-corrected chi connectivity index (χ2v) is 6.41. The van der Waals surface area contributed by atoms with Gasteiger partial charge in [0, 0.05) is 0 Å². The van der Waals surface area contributed by atoms with E-state index in [1.807, 2.05) is 6.08 Å². The molecule has 0 aliphatic heterocycles. The van der Waals surface area contributed by atoms with E-state index in [9.17, 15) is 9.90 Å². The Morgan fingerprint density at radius 2 is 2.24 bits per heavy atom. The molecule has 4 atom stereocenters. The highest BCUT2D eigenvalue weighted by molar-refractivity contribution is 5.73. The zero-order valence-corrected chi connectivity index (χ0v) is 11.1. The Morgan fingerprint density at radius 3 is 2.82 bits per heavy atom. The molecule has 0 amide bonds. The molecule has 0 aromatic carbocycles. The molecule has 0 spiro atoms. The normalized spacial score (nSPS) is 41.9. The molecule has 2 aliphatic carbocycles. The number of rotatable bonds is 2. The zero-order chi connectivity index (χ0) is 12.6. The summed E-state index contributed by atoms with van der Waals surface area (Å²) in [4.78, 5) is 11.0. The summed E-state index contributed by atoms with van der Waals surface area (Å²) in [6.07, 6.45) is 6.44. The summed E-state index contributed by atoms with van der Waals surface area (Å²) in [6, 6.07) is 0. The van der Waals surface area contributed by atoms with Gasteiger partial charge in [0.1, 0.15) is 6.29 Å². The van der Waals surface area contributed by atoms with E-state index >= 15 is 0 Å². The maximum absolute atomic E-state index is 11.0. The van der Waals surface area contributed by atoms with Gasteiger partial charge in [-0.25, -0.2) is 0 Å². The number of hydrogen-bond acceptors (Lipinski definition) is 2. The molecule has 0 bridgehead atoms. The summed E-state index contributed by atoms with van der Waals surface area (Å²) >= 11 is 0. The second kappa shape index (κ2) is 4.56. The van der Waals surface area contributed by atoms with E-state index in [1.165, 1.54) is 6.42 Å². The largest absolute Gasteiger partial charge is 0.392 e. The quantitative estimate of drug-likeness (QED) is 0.748. The number of fused-ring (bicyclic) bond motifs is 1. The van der Waals surface area contributed by atoms with Crippen molar-refractivity contribution in [3.63, 3.8) is 0 Å². The Kier molecular flexibility index (Phi) is 3.44. The number of hydrogen-bond donors (Lipinski definition) is 1. The van der Waals surface area contributed by atoms with Gasteiger partial charge in [0.2, 0.25) is 0 Å². The summed E-state index contributed by atoms with van der Waals surface area (Å²) < 4.78 is 0. The van der Waals surface area contributed by atoms with Crippen molar-refractivity contribution >= 4 is 6.29 Å². The first-order valence-corrected chi connectivity index (χ1v) is 6.81. The second-order valence-electron chi connectivity index (χ2n) is 6.41. The number of carbonyl (C=O) groups excluding carboxylic acids is 1. The van der Waals surface area contributed by atoms with E-state index < -0.39 is 0 Å². The summed E-state index contributed by atoms with van der Waals surface area (Å²) in [6.45, 7) is 6.74. The number of aliphatic hydroxyl groups excluding tert-OH is 1. The van der Waals surface area contributed by atoms with Crippen molar-refractivity contribution in [2.24, 2.45) is 23.2 Å². The number of aldehydes is 1. The van der Waals surface area contributed by atoms with E-state index in [0.29, 0.717) is 24.2 Å². The molecule has 0 aromatic heterocycles. The molecule has 2 nitrogen and oxygen atoms in total. The summed E-state index contributed by atoms with van der Waals surface area (Å²) in [5, 5.41) is 10.4. The lowest BCUT2D eigenvalue weighted by atomic mass is 9.69. The third-order valence-electron chi connectivity index (χ3n) is 5.21. The molecule has 0 heterocycles. The number of aliphatic hydroxyl groups is 1. The summed E-state index contributed by atoms with van der Waals surface area (Å²) in [5.41, 5.74) is 0.904. The molecule has 2 aliphatic rings. The standard InChI is InChI=1S/C15H24O2/c1-10(2)12-6-7-15(3)13(12)8-11(9-16)4-5-14(15)17/h4,9-10,12-14,17H,5-8H2,1-3H3. The van der Waals surface area contributed by atoms with Gasteiger partial charge in [-0.3, -0.25) is 4.79 Å². The van der Waals surface area contributed by atoms with Crippen LogP contribution in [0.4, 0.5) is 0 Å². The van der Waals surface area contributed by atoms with Crippen molar-refractivity contribution in [2.75, 3.05) is 0 Å².